The Bertz CT molecular complexity index is 391. The highest BCUT2D eigenvalue weighted by Crippen LogP contribution is 2.34. The van der Waals surface area contributed by atoms with Gasteiger partial charge in [-0.3, -0.25) is 9.89 Å². The molecule has 0 aromatic heterocycles. The Morgan fingerprint density at radius 3 is 2.54 bits per heavy atom. The van der Waals surface area contributed by atoms with Crippen LogP contribution in [0.2, 0.25) is 0 Å². The Kier molecular flexibility index (Phi) is 10.3. The first-order chi connectivity index (χ1) is 12.8. The Balaban J connectivity index is 1.88. The molecule has 152 valence electrons. The summed E-state index contributed by atoms with van der Waals surface area (Å²) in [4.78, 5) is 7.66. The van der Waals surface area contributed by atoms with Crippen LogP contribution in [-0.4, -0.2) is 75.5 Å². The van der Waals surface area contributed by atoms with E-state index in [0.29, 0.717) is 0 Å². The van der Waals surface area contributed by atoms with Gasteiger partial charge in [0.15, 0.2) is 5.96 Å². The summed E-state index contributed by atoms with van der Waals surface area (Å²) >= 11 is 0. The zero-order valence-electron chi connectivity index (χ0n) is 17.0. The highest BCUT2D eigenvalue weighted by molar-refractivity contribution is 5.79. The number of nitrogens with zero attached hydrogens (tertiary/aromatic N) is 2. The number of aliphatic imine (C=N–C) groups is 1. The molecule has 1 saturated heterocycles. The van der Waals surface area contributed by atoms with Gasteiger partial charge < -0.3 is 20.1 Å². The van der Waals surface area contributed by atoms with Crippen LogP contribution >= 0.6 is 0 Å². The average molecular weight is 369 g/mol. The predicted molar refractivity (Wildman–Crippen MR) is 108 cm³/mol. The summed E-state index contributed by atoms with van der Waals surface area (Å²) in [7, 11) is 0. The summed E-state index contributed by atoms with van der Waals surface area (Å²) in [5.74, 6) is 0.960. The Labute approximate surface area is 160 Å². The lowest BCUT2D eigenvalue weighted by atomic mass is 9.80. The number of rotatable bonds is 10. The standard InChI is InChI=1S/C20H40N4O2/c1-3-21-19(22-12-8-9-15-25-4-2)23-18-20(10-6-5-7-11-20)24-13-16-26-17-14-24/h3-18H2,1-2H3,(H2,21,22,23). The van der Waals surface area contributed by atoms with E-state index in [9.17, 15) is 0 Å². The molecular formula is C20H40N4O2. The number of ether oxygens (including phenoxy) is 2. The third-order valence-corrected chi connectivity index (χ3v) is 5.55. The zero-order valence-corrected chi connectivity index (χ0v) is 17.0. The molecule has 0 radical (unpaired) electrons. The lowest BCUT2D eigenvalue weighted by molar-refractivity contribution is -0.0333. The van der Waals surface area contributed by atoms with Gasteiger partial charge in [-0.15, -0.1) is 0 Å². The van der Waals surface area contributed by atoms with Crippen molar-refractivity contribution >= 4 is 5.96 Å². The van der Waals surface area contributed by atoms with Crippen LogP contribution in [0, 0.1) is 0 Å². The quantitative estimate of drug-likeness (QED) is 0.352. The van der Waals surface area contributed by atoms with Gasteiger partial charge in [-0.1, -0.05) is 19.3 Å². The fourth-order valence-corrected chi connectivity index (χ4v) is 4.07. The summed E-state index contributed by atoms with van der Waals surface area (Å²) in [6, 6.07) is 0. The highest BCUT2D eigenvalue weighted by Gasteiger charge is 2.38. The van der Waals surface area contributed by atoms with Crippen LogP contribution in [0.4, 0.5) is 0 Å². The lowest BCUT2D eigenvalue weighted by Crippen LogP contribution is -2.56. The Hall–Kier alpha value is -0.850. The maximum atomic E-state index is 5.58. The van der Waals surface area contributed by atoms with Crippen LogP contribution in [-0.2, 0) is 9.47 Å². The van der Waals surface area contributed by atoms with Crippen molar-refractivity contribution in [2.24, 2.45) is 4.99 Å². The Morgan fingerprint density at radius 1 is 1.08 bits per heavy atom. The molecule has 1 heterocycles. The van der Waals surface area contributed by atoms with E-state index in [0.717, 1.165) is 78.0 Å². The van der Waals surface area contributed by atoms with Crippen LogP contribution in [0.3, 0.4) is 0 Å². The predicted octanol–water partition coefficient (Wildman–Crippen LogP) is 2.39. The highest BCUT2D eigenvalue weighted by atomic mass is 16.5. The molecule has 1 aliphatic heterocycles. The van der Waals surface area contributed by atoms with Gasteiger partial charge in [-0.2, -0.15) is 0 Å². The molecular weight excluding hydrogens is 328 g/mol. The Morgan fingerprint density at radius 2 is 1.85 bits per heavy atom. The SMILES string of the molecule is CCNC(=NCC1(N2CCOCC2)CCCCC1)NCCCCOCC. The maximum Gasteiger partial charge on any atom is 0.191 e. The van der Waals surface area contributed by atoms with Gasteiger partial charge in [-0.25, -0.2) is 0 Å². The molecule has 1 saturated carbocycles. The van der Waals surface area contributed by atoms with Crippen LogP contribution in [0.1, 0.15) is 58.8 Å². The van der Waals surface area contributed by atoms with Crippen molar-refractivity contribution in [3.8, 4) is 0 Å². The number of guanidine groups is 1. The van der Waals surface area contributed by atoms with Gasteiger partial charge in [0.05, 0.1) is 19.8 Å². The molecule has 2 fully saturated rings. The molecule has 2 N–H and O–H groups in total. The van der Waals surface area contributed by atoms with E-state index >= 15 is 0 Å². The van der Waals surface area contributed by atoms with Crippen molar-refractivity contribution in [3.05, 3.63) is 0 Å². The van der Waals surface area contributed by atoms with Gasteiger partial charge in [0.1, 0.15) is 0 Å². The molecule has 6 nitrogen and oxygen atoms in total. The molecule has 2 rings (SSSR count). The minimum absolute atomic E-state index is 0.235. The molecule has 0 amide bonds. The van der Waals surface area contributed by atoms with Crippen LogP contribution in [0.25, 0.3) is 0 Å². The molecule has 2 aliphatic rings. The fraction of sp³-hybridized carbons (Fsp3) is 0.950. The first-order valence-corrected chi connectivity index (χ1v) is 10.7. The zero-order chi connectivity index (χ0) is 18.5. The van der Waals surface area contributed by atoms with E-state index in [1.807, 2.05) is 6.92 Å². The summed E-state index contributed by atoms with van der Waals surface area (Å²) in [6.07, 6.45) is 8.77. The average Bonchev–Trinajstić information content (AvgIpc) is 2.70. The molecule has 0 unspecified atom stereocenters. The van der Waals surface area contributed by atoms with Gasteiger partial charge in [0.25, 0.3) is 0 Å². The number of hydrogen-bond donors (Lipinski definition) is 2. The molecule has 0 spiro atoms. The number of nitrogens with one attached hydrogen (secondary N) is 2. The van der Waals surface area contributed by atoms with Crippen molar-refractivity contribution < 1.29 is 9.47 Å². The van der Waals surface area contributed by atoms with Gasteiger partial charge in [0.2, 0.25) is 0 Å². The number of morpholine rings is 1. The molecule has 6 heteroatoms. The third kappa shape index (κ3) is 7.05. The maximum absolute atomic E-state index is 5.58. The number of unbranched alkanes of at least 4 members (excludes halogenated alkanes) is 1. The summed E-state index contributed by atoms with van der Waals surface area (Å²) in [5.41, 5.74) is 0.235. The molecule has 0 atom stereocenters. The monoisotopic (exact) mass is 368 g/mol. The van der Waals surface area contributed by atoms with E-state index in [1.165, 1.54) is 32.1 Å². The molecule has 0 aromatic carbocycles. The van der Waals surface area contributed by atoms with Gasteiger partial charge >= 0.3 is 0 Å². The van der Waals surface area contributed by atoms with Gasteiger partial charge in [0, 0.05) is 44.9 Å². The van der Waals surface area contributed by atoms with Crippen molar-refractivity contribution in [2.45, 2.75) is 64.3 Å². The van der Waals surface area contributed by atoms with Gasteiger partial charge in [-0.05, 0) is 39.5 Å². The first-order valence-electron chi connectivity index (χ1n) is 10.7. The van der Waals surface area contributed by atoms with E-state index in [4.69, 9.17) is 14.5 Å². The largest absolute Gasteiger partial charge is 0.382 e. The minimum atomic E-state index is 0.235. The van der Waals surface area contributed by atoms with E-state index in [1.54, 1.807) is 0 Å². The first kappa shape index (κ1) is 21.5. The number of hydrogen-bond acceptors (Lipinski definition) is 4. The van der Waals surface area contributed by atoms with Crippen LogP contribution in [0.15, 0.2) is 4.99 Å². The smallest absolute Gasteiger partial charge is 0.191 e. The van der Waals surface area contributed by atoms with Crippen LogP contribution in [0.5, 0.6) is 0 Å². The van der Waals surface area contributed by atoms with Crippen LogP contribution < -0.4 is 10.6 Å². The van der Waals surface area contributed by atoms with Crippen molar-refractivity contribution in [1.82, 2.24) is 15.5 Å². The van der Waals surface area contributed by atoms with Crippen molar-refractivity contribution in [2.75, 3.05) is 59.2 Å². The molecule has 1 aliphatic carbocycles. The molecule has 0 bridgehead atoms. The van der Waals surface area contributed by atoms with E-state index < -0.39 is 0 Å². The minimum Gasteiger partial charge on any atom is -0.382 e. The second kappa shape index (κ2) is 12.5. The second-order valence-corrected chi connectivity index (χ2v) is 7.41. The van der Waals surface area contributed by atoms with Crippen molar-refractivity contribution in [3.63, 3.8) is 0 Å². The summed E-state index contributed by atoms with van der Waals surface area (Å²) < 4.78 is 11.0. The van der Waals surface area contributed by atoms with E-state index in [-0.39, 0.29) is 5.54 Å². The van der Waals surface area contributed by atoms with E-state index in [2.05, 4.69) is 22.5 Å². The third-order valence-electron chi connectivity index (χ3n) is 5.55. The molecule has 0 aromatic rings. The summed E-state index contributed by atoms with van der Waals surface area (Å²) in [5, 5.41) is 6.91. The second-order valence-electron chi connectivity index (χ2n) is 7.41. The van der Waals surface area contributed by atoms with Crippen molar-refractivity contribution in [1.29, 1.82) is 0 Å². The topological polar surface area (TPSA) is 58.1 Å². The summed E-state index contributed by atoms with van der Waals surface area (Å²) in [6.45, 7) is 12.4. The normalized spacial score (nSPS) is 21.5. The molecule has 26 heavy (non-hydrogen) atoms. The lowest BCUT2D eigenvalue weighted by Gasteiger charge is -2.47. The fourth-order valence-electron chi connectivity index (χ4n) is 4.07.